The molecule has 0 aliphatic carbocycles. The second-order valence-electron chi connectivity index (χ2n) is 8.00. The SMILES string of the molecule is Cc1cc(-c2cccc(C(F)(F)F)n2)c(C)cc1OCc1c(C)cccc1-n1nnn(C)c1=O. The van der Waals surface area contributed by atoms with E-state index < -0.39 is 11.9 Å². The highest BCUT2D eigenvalue weighted by Gasteiger charge is 2.32. The quantitative estimate of drug-likeness (QED) is 0.429. The summed E-state index contributed by atoms with van der Waals surface area (Å²) in [6.45, 7) is 5.68. The van der Waals surface area contributed by atoms with Crippen molar-refractivity contribution in [1.29, 1.82) is 0 Å². The molecule has 0 N–H and O–H groups in total. The molecule has 0 unspecified atom stereocenters. The van der Waals surface area contributed by atoms with Crippen molar-refractivity contribution in [3.63, 3.8) is 0 Å². The first-order valence-electron chi connectivity index (χ1n) is 10.4. The number of benzene rings is 2. The fourth-order valence-electron chi connectivity index (χ4n) is 3.65. The number of nitrogens with zero attached hydrogens (tertiary/aromatic N) is 5. The van der Waals surface area contributed by atoms with Crippen LogP contribution in [-0.2, 0) is 19.8 Å². The molecule has 0 aliphatic heterocycles. The van der Waals surface area contributed by atoms with Crippen LogP contribution >= 0.6 is 0 Å². The van der Waals surface area contributed by atoms with Gasteiger partial charge in [0, 0.05) is 18.2 Å². The van der Waals surface area contributed by atoms with E-state index >= 15 is 0 Å². The predicted molar refractivity (Wildman–Crippen MR) is 120 cm³/mol. The third kappa shape index (κ3) is 4.43. The molecule has 0 fully saturated rings. The monoisotopic (exact) mass is 469 g/mol. The second-order valence-corrected chi connectivity index (χ2v) is 8.00. The molecule has 0 amide bonds. The first kappa shape index (κ1) is 23.2. The van der Waals surface area contributed by atoms with Crippen molar-refractivity contribution in [3.8, 4) is 22.7 Å². The molecule has 0 radical (unpaired) electrons. The van der Waals surface area contributed by atoms with E-state index in [4.69, 9.17) is 4.74 Å². The highest BCUT2D eigenvalue weighted by atomic mass is 19.4. The molecule has 0 aliphatic rings. The van der Waals surface area contributed by atoms with Crippen molar-refractivity contribution < 1.29 is 17.9 Å². The van der Waals surface area contributed by atoms with Crippen LogP contribution in [0.1, 0.15) is 27.9 Å². The lowest BCUT2D eigenvalue weighted by Crippen LogP contribution is -2.23. The maximum Gasteiger partial charge on any atom is 0.433 e. The number of hydrogen-bond acceptors (Lipinski definition) is 5. The summed E-state index contributed by atoms with van der Waals surface area (Å²) in [5.74, 6) is 0.578. The van der Waals surface area contributed by atoms with E-state index in [2.05, 4.69) is 15.4 Å². The molecule has 0 saturated carbocycles. The molecule has 2 heterocycles. The molecule has 0 atom stereocenters. The second kappa shape index (κ2) is 8.77. The minimum absolute atomic E-state index is 0.159. The molecule has 4 aromatic rings. The van der Waals surface area contributed by atoms with Gasteiger partial charge in [0.1, 0.15) is 18.1 Å². The Balaban J connectivity index is 1.65. The summed E-state index contributed by atoms with van der Waals surface area (Å²) >= 11 is 0. The lowest BCUT2D eigenvalue weighted by Gasteiger charge is -2.16. The summed E-state index contributed by atoms with van der Waals surface area (Å²) in [5.41, 5.74) is 3.24. The standard InChI is InChI=1S/C24H22F3N5O2/c1-14-7-5-9-20(32-23(33)31(4)29-30-32)18(14)13-34-21-12-15(2)17(11-16(21)3)19-8-6-10-22(28-19)24(25,26)27/h5-12H,13H2,1-4H3. The van der Waals surface area contributed by atoms with Gasteiger partial charge < -0.3 is 4.74 Å². The molecule has 2 aromatic carbocycles. The van der Waals surface area contributed by atoms with Crippen LogP contribution in [0.2, 0.25) is 0 Å². The zero-order chi connectivity index (χ0) is 24.6. The lowest BCUT2D eigenvalue weighted by molar-refractivity contribution is -0.141. The highest BCUT2D eigenvalue weighted by Crippen LogP contribution is 2.33. The molecule has 7 nitrogen and oxygen atoms in total. The average molecular weight is 469 g/mol. The number of tetrazole rings is 1. The summed E-state index contributed by atoms with van der Waals surface area (Å²) in [5, 5.41) is 7.69. The molecule has 34 heavy (non-hydrogen) atoms. The van der Waals surface area contributed by atoms with Crippen LogP contribution in [0.15, 0.2) is 53.3 Å². The van der Waals surface area contributed by atoms with Crippen LogP contribution in [-0.4, -0.2) is 24.8 Å². The minimum Gasteiger partial charge on any atom is -0.489 e. The predicted octanol–water partition coefficient (Wildman–Crippen LogP) is 4.55. The summed E-state index contributed by atoms with van der Waals surface area (Å²) in [6, 6.07) is 12.9. The van der Waals surface area contributed by atoms with Crippen LogP contribution in [0.3, 0.4) is 0 Å². The zero-order valence-corrected chi connectivity index (χ0v) is 19.0. The van der Waals surface area contributed by atoms with Gasteiger partial charge in [-0.15, -0.1) is 0 Å². The average Bonchev–Trinajstić information content (AvgIpc) is 3.12. The van der Waals surface area contributed by atoms with Gasteiger partial charge in [-0.05, 0) is 78.2 Å². The Morgan fingerprint density at radius 3 is 2.35 bits per heavy atom. The molecule has 0 saturated heterocycles. The van der Waals surface area contributed by atoms with Crippen LogP contribution in [0.25, 0.3) is 16.9 Å². The van der Waals surface area contributed by atoms with Crippen molar-refractivity contribution in [1.82, 2.24) is 24.8 Å². The molecule has 10 heteroatoms. The van der Waals surface area contributed by atoms with Crippen molar-refractivity contribution in [2.75, 3.05) is 0 Å². The number of pyridine rings is 1. The molecule has 4 rings (SSSR count). The topological polar surface area (TPSA) is 74.8 Å². The van der Waals surface area contributed by atoms with Crippen molar-refractivity contribution in [2.45, 2.75) is 33.6 Å². The van der Waals surface area contributed by atoms with Gasteiger partial charge in [0.15, 0.2) is 0 Å². The van der Waals surface area contributed by atoms with Gasteiger partial charge in [0.25, 0.3) is 0 Å². The smallest absolute Gasteiger partial charge is 0.433 e. The number of hydrogen-bond donors (Lipinski definition) is 0. The van der Waals surface area contributed by atoms with Crippen molar-refractivity contribution in [2.24, 2.45) is 7.05 Å². The molecule has 0 bridgehead atoms. The van der Waals surface area contributed by atoms with Gasteiger partial charge in [-0.25, -0.2) is 9.78 Å². The zero-order valence-electron chi connectivity index (χ0n) is 19.0. The number of halogens is 3. The van der Waals surface area contributed by atoms with E-state index in [-0.39, 0.29) is 18.0 Å². The minimum atomic E-state index is -4.52. The summed E-state index contributed by atoms with van der Waals surface area (Å²) in [6.07, 6.45) is -4.52. The molecular formula is C24H22F3N5O2. The third-order valence-electron chi connectivity index (χ3n) is 5.54. The molecule has 2 aromatic heterocycles. The molecule has 176 valence electrons. The number of aryl methyl sites for hydroxylation is 4. The largest absolute Gasteiger partial charge is 0.489 e. The first-order valence-corrected chi connectivity index (χ1v) is 10.4. The van der Waals surface area contributed by atoms with E-state index in [1.165, 1.54) is 17.8 Å². The summed E-state index contributed by atoms with van der Waals surface area (Å²) < 4.78 is 47.7. The van der Waals surface area contributed by atoms with Gasteiger partial charge in [-0.3, -0.25) is 0 Å². The maximum absolute atomic E-state index is 13.1. The first-order chi connectivity index (χ1) is 16.1. The van der Waals surface area contributed by atoms with Gasteiger partial charge in [0.2, 0.25) is 0 Å². The van der Waals surface area contributed by atoms with Gasteiger partial charge in [0.05, 0.1) is 11.4 Å². The number of aromatic nitrogens is 5. The third-order valence-corrected chi connectivity index (χ3v) is 5.54. The Labute approximate surface area is 193 Å². The molecular weight excluding hydrogens is 447 g/mol. The van der Waals surface area contributed by atoms with E-state index in [1.807, 2.05) is 26.0 Å². The Morgan fingerprint density at radius 2 is 1.68 bits per heavy atom. The maximum atomic E-state index is 13.1. The van der Waals surface area contributed by atoms with E-state index in [0.717, 1.165) is 33.0 Å². The summed E-state index contributed by atoms with van der Waals surface area (Å²) in [4.78, 5) is 16.1. The van der Waals surface area contributed by atoms with Gasteiger partial charge >= 0.3 is 11.9 Å². The Kier molecular flexibility index (Phi) is 5.99. The van der Waals surface area contributed by atoms with Gasteiger partial charge in [-0.1, -0.05) is 18.2 Å². The Bertz CT molecular complexity index is 1420. The normalized spacial score (nSPS) is 11.6. The van der Waals surface area contributed by atoms with Crippen LogP contribution in [0, 0.1) is 20.8 Å². The van der Waals surface area contributed by atoms with E-state index in [9.17, 15) is 18.0 Å². The fourth-order valence-corrected chi connectivity index (χ4v) is 3.65. The summed E-state index contributed by atoms with van der Waals surface area (Å²) in [7, 11) is 1.52. The lowest BCUT2D eigenvalue weighted by atomic mass is 10.0. The van der Waals surface area contributed by atoms with Crippen LogP contribution in [0.4, 0.5) is 13.2 Å². The van der Waals surface area contributed by atoms with E-state index in [1.54, 1.807) is 31.2 Å². The van der Waals surface area contributed by atoms with Gasteiger partial charge in [-0.2, -0.15) is 22.5 Å². The number of ether oxygens (including phenoxy) is 1. The van der Waals surface area contributed by atoms with Crippen LogP contribution < -0.4 is 10.4 Å². The fraction of sp³-hybridized carbons (Fsp3) is 0.250. The van der Waals surface area contributed by atoms with E-state index in [0.29, 0.717) is 17.0 Å². The molecule has 0 spiro atoms. The van der Waals surface area contributed by atoms with Crippen LogP contribution in [0.5, 0.6) is 5.75 Å². The Morgan fingerprint density at radius 1 is 0.941 bits per heavy atom. The number of rotatable bonds is 5. The Hall–Kier alpha value is -3.95. The number of alkyl halides is 3. The van der Waals surface area contributed by atoms with Crippen molar-refractivity contribution >= 4 is 0 Å². The highest BCUT2D eigenvalue weighted by molar-refractivity contribution is 5.66. The van der Waals surface area contributed by atoms with Crippen molar-refractivity contribution in [3.05, 3.63) is 87.0 Å².